The molecule has 0 radical (unpaired) electrons. The summed E-state index contributed by atoms with van der Waals surface area (Å²) in [6, 6.07) is 11.8. The van der Waals surface area contributed by atoms with Gasteiger partial charge in [-0.15, -0.1) is 0 Å². The van der Waals surface area contributed by atoms with Gasteiger partial charge < -0.3 is 9.64 Å². The van der Waals surface area contributed by atoms with Gasteiger partial charge in [0.15, 0.2) is 0 Å². The third kappa shape index (κ3) is 4.22. The lowest BCUT2D eigenvalue weighted by Gasteiger charge is -2.38. The minimum Gasteiger partial charge on any atom is -0.474 e. The average Bonchev–Trinajstić information content (AvgIpc) is 2.94. The first-order valence-corrected chi connectivity index (χ1v) is 10.2. The molecule has 1 aromatic carbocycles. The summed E-state index contributed by atoms with van der Waals surface area (Å²) in [5, 5.41) is 1.08. The highest BCUT2D eigenvalue weighted by Gasteiger charge is 2.43. The smallest absolute Gasteiger partial charge is 0.223 e. The maximum atomic E-state index is 12.9. The van der Waals surface area contributed by atoms with Crippen molar-refractivity contribution in [3.63, 3.8) is 0 Å². The van der Waals surface area contributed by atoms with E-state index in [-0.39, 0.29) is 24.1 Å². The molecule has 0 spiro atoms. The Morgan fingerprint density at radius 1 is 1.11 bits per heavy atom. The second-order valence-electron chi connectivity index (χ2n) is 7.31. The number of aryl methyl sites for hydroxylation is 1. The van der Waals surface area contributed by atoms with Gasteiger partial charge in [-0.2, -0.15) is 0 Å². The number of halogens is 2. The van der Waals surface area contributed by atoms with E-state index >= 15 is 0 Å². The Morgan fingerprint density at radius 3 is 2.56 bits per heavy atom. The van der Waals surface area contributed by atoms with Crippen molar-refractivity contribution in [2.24, 2.45) is 0 Å². The second kappa shape index (κ2) is 8.07. The summed E-state index contributed by atoms with van der Waals surface area (Å²) >= 11 is 12.0. The SMILES string of the molecule is O=C(CCc1ccc(Cl)c(Cl)c1)N1C2CCC1CC(Oc1ccccn1)C2. The number of hydrogen-bond acceptors (Lipinski definition) is 3. The van der Waals surface area contributed by atoms with Crippen LogP contribution in [0.1, 0.15) is 37.7 Å². The fourth-order valence-electron chi connectivity index (χ4n) is 4.29. The van der Waals surface area contributed by atoms with Crippen LogP contribution in [0.3, 0.4) is 0 Å². The molecule has 6 heteroatoms. The van der Waals surface area contributed by atoms with Crippen LogP contribution in [0, 0.1) is 0 Å². The Hall–Kier alpha value is -1.78. The van der Waals surface area contributed by atoms with E-state index in [1.54, 1.807) is 12.3 Å². The highest BCUT2D eigenvalue weighted by molar-refractivity contribution is 6.42. The average molecular weight is 405 g/mol. The largest absolute Gasteiger partial charge is 0.474 e. The molecule has 2 fully saturated rings. The summed E-state index contributed by atoms with van der Waals surface area (Å²) in [4.78, 5) is 19.2. The lowest BCUT2D eigenvalue weighted by molar-refractivity contribution is -0.137. The molecule has 2 saturated heterocycles. The van der Waals surface area contributed by atoms with Gasteiger partial charge in [-0.3, -0.25) is 4.79 Å². The van der Waals surface area contributed by atoms with Gasteiger partial charge in [0.1, 0.15) is 6.10 Å². The third-order valence-electron chi connectivity index (χ3n) is 5.51. The number of ether oxygens (including phenoxy) is 1. The Balaban J connectivity index is 1.34. The zero-order chi connectivity index (χ0) is 18.8. The minimum atomic E-state index is 0.136. The summed E-state index contributed by atoms with van der Waals surface area (Å²) in [7, 11) is 0. The third-order valence-corrected chi connectivity index (χ3v) is 6.25. The van der Waals surface area contributed by atoms with E-state index in [0.717, 1.165) is 31.2 Å². The molecule has 4 rings (SSSR count). The Bertz CT molecular complexity index is 801. The summed E-state index contributed by atoms with van der Waals surface area (Å²) in [6.45, 7) is 0. The number of nitrogens with zero attached hydrogens (tertiary/aromatic N) is 2. The molecule has 1 aromatic heterocycles. The van der Waals surface area contributed by atoms with Crippen LogP contribution in [0.2, 0.25) is 10.0 Å². The van der Waals surface area contributed by atoms with E-state index in [1.807, 2.05) is 30.3 Å². The summed E-state index contributed by atoms with van der Waals surface area (Å²) in [5.74, 6) is 0.895. The maximum absolute atomic E-state index is 12.9. The molecule has 0 aliphatic carbocycles. The molecule has 27 heavy (non-hydrogen) atoms. The predicted octanol–water partition coefficient (Wildman–Crippen LogP) is 4.92. The number of piperidine rings is 1. The molecule has 142 valence electrons. The number of carbonyl (C=O) groups excluding carboxylic acids is 1. The molecule has 0 N–H and O–H groups in total. The van der Waals surface area contributed by atoms with Gasteiger partial charge in [-0.25, -0.2) is 4.98 Å². The summed E-state index contributed by atoms with van der Waals surface area (Å²) in [5.41, 5.74) is 1.04. The lowest BCUT2D eigenvalue weighted by Crippen LogP contribution is -2.49. The van der Waals surface area contributed by atoms with Crippen molar-refractivity contribution in [1.29, 1.82) is 0 Å². The number of rotatable bonds is 5. The van der Waals surface area contributed by atoms with E-state index in [4.69, 9.17) is 27.9 Å². The Morgan fingerprint density at radius 2 is 1.89 bits per heavy atom. The van der Waals surface area contributed by atoms with Gasteiger partial charge in [0, 0.05) is 43.6 Å². The molecule has 3 heterocycles. The van der Waals surface area contributed by atoms with Crippen molar-refractivity contribution in [3.05, 3.63) is 58.2 Å². The predicted molar refractivity (Wildman–Crippen MR) is 106 cm³/mol. The number of aromatic nitrogens is 1. The van der Waals surface area contributed by atoms with Gasteiger partial charge >= 0.3 is 0 Å². The maximum Gasteiger partial charge on any atom is 0.223 e. The number of carbonyl (C=O) groups is 1. The first-order chi connectivity index (χ1) is 13.1. The molecule has 4 nitrogen and oxygen atoms in total. The van der Waals surface area contributed by atoms with Crippen LogP contribution in [-0.4, -0.2) is 34.0 Å². The number of fused-ring (bicyclic) bond motifs is 2. The van der Waals surface area contributed by atoms with Crippen LogP contribution >= 0.6 is 23.2 Å². The van der Waals surface area contributed by atoms with E-state index in [2.05, 4.69) is 9.88 Å². The number of hydrogen-bond donors (Lipinski definition) is 0. The van der Waals surface area contributed by atoms with Gasteiger partial charge in [-0.1, -0.05) is 35.3 Å². The fraction of sp³-hybridized carbons (Fsp3) is 0.429. The van der Waals surface area contributed by atoms with Crippen molar-refractivity contribution >= 4 is 29.1 Å². The van der Waals surface area contributed by atoms with Crippen molar-refractivity contribution < 1.29 is 9.53 Å². The van der Waals surface area contributed by atoms with Crippen molar-refractivity contribution in [3.8, 4) is 5.88 Å². The second-order valence-corrected chi connectivity index (χ2v) is 8.13. The normalized spacial score (nSPS) is 24.1. The minimum absolute atomic E-state index is 0.136. The van der Waals surface area contributed by atoms with E-state index in [9.17, 15) is 4.79 Å². The zero-order valence-corrected chi connectivity index (χ0v) is 16.5. The summed E-state index contributed by atoms with van der Waals surface area (Å²) in [6.07, 6.45) is 6.94. The molecule has 2 bridgehead atoms. The zero-order valence-electron chi connectivity index (χ0n) is 15.0. The standard InChI is InChI=1S/C21H22Cl2N2O2/c22-18-8-4-14(11-19(18)23)5-9-21(26)25-15-6-7-16(25)13-17(12-15)27-20-3-1-2-10-24-20/h1-4,8,10-11,15-17H,5-7,9,12-13H2. The molecule has 2 aliphatic heterocycles. The van der Waals surface area contributed by atoms with Crippen molar-refractivity contribution in [2.45, 2.75) is 56.7 Å². The van der Waals surface area contributed by atoms with Crippen molar-refractivity contribution in [2.75, 3.05) is 0 Å². The van der Waals surface area contributed by atoms with E-state index in [1.165, 1.54) is 0 Å². The molecule has 1 amide bonds. The van der Waals surface area contributed by atoms with Crippen LogP contribution < -0.4 is 4.74 Å². The quantitative estimate of drug-likeness (QED) is 0.709. The summed E-state index contributed by atoms with van der Waals surface area (Å²) < 4.78 is 6.04. The molecule has 0 saturated carbocycles. The molecule has 2 unspecified atom stereocenters. The first kappa shape index (κ1) is 18.6. The van der Waals surface area contributed by atoms with Crippen molar-refractivity contribution in [1.82, 2.24) is 9.88 Å². The number of benzene rings is 1. The Labute approximate surface area is 169 Å². The van der Waals surface area contributed by atoms with Crippen LogP contribution in [0.15, 0.2) is 42.6 Å². The lowest BCUT2D eigenvalue weighted by atomic mass is 9.98. The van der Waals surface area contributed by atoms with Crippen LogP contribution in [-0.2, 0) is 11.2 Å². The molecule has 2 atom stereocenters. The highest BCUT2D eigenvalue weighted by atomic mass is 35.5. The Kier molecular flexibility index (Phi) is 5.55. The number of pyridine rings is 1. The van der Waals surface area contributed by atoms with Crippen LogP contribution in [0.4, 0.5) is 0 Å². The van der Waals surface area contributed by atoms with Gasteiger partial charge in [0.2, 0.25) is 11.8 Å². The van der Waals surface area contributed by atoms with E-state index in [0.29, 0.717) is 28.8 Å². The number of amides is 1. The highest BCUT2D eigenvalue weighted by Crippen LogP contribution is 2.37. The fourth-order valence-corrected chi connectivity index (χ4v) is 4.61. The molecular formula is C21H22Cl2N2O2. The topological polar surface area (TPSA) is 42.4 Å². The molecular weight excluding hydrogens is 383 g/mol. The van der Waals surface area contributed by atoms with Gasteiger partial charge in [0.25, 0.3) is 0 Å². The van der Waals surface area contributed by atoms with Crippen LogP contribution in [0.25, 0.3) is 0 Å². The van der Waals surface area contributed by atoms with E-state index < -0.39 is 0 Å². The first-order valence-electron chi connectivity index (χ1n) is 9.43. The van der Waals surface area contributed by atoms with Crippen LogP contribution in [0.5, 0.6) is 5.88 Å². The van der Waals surface area contributed by atoms with Gasteiger partial charge in [0.05, 0.1) is 10.0 Å². The monoisotopic (exact) mass is 404 g/mol. The van der Waals surface area contributed by atoms with Gasteiger partial charge in [-0.05, 0) is 43.0 Å². The molecule has 2 aliphatic rings. The molecule has 2 aromatic rings.